The predicted octanol–water partition coefficient (Wildman–Crippen LogP) is 3.84. The number of hydrogen-bond donors (Lipinski definition) is 1. The van der Waals surface area contributed by atoms with Gasteiger partial charge in [0.15, 0.2) is 23.9 Å². The molecule has 26 heavy (non-hydrogen) atoms. The van der Waals surface area contributed by atoms with Gasteiger partial charge in [0.2, 0.25) is 6.79 Å². The lowest BCUT2D eigenvalue weighted by atomic mass is 10.1. The van der Waals surface area contributed by atoms with E-state index in [4.69, 9.17) is 14.2 Å². The Morgan fingerprint density at radius 2 is 1.92 bits per heavy atom. The third kappa shape index (κ3) is 4.37. The molecule has 3 rings (SSSR count). The molecule has 136 valence electrons. The van der Waals surface area contributed by atoms with Crippen LogP contribution in [0, 0.1) is 0 Å². The number of carbonyl (C=O) groups excluding carboxylic acids is 2. The van der Waals surface area contributed by atoms with Gasteiger partial charge in [0, 0.05) is 11.0 Å². The predicted molar refractivity (Wildman–Crippen MR) is 102 cm³/mol. The lowest BCUT2D eigenvalue weighted by Gasteiger charge is -2.13. The largest absolute Gasteiger partial charge is 0.482 e. The summed E-state index contributed by atoms with van der Waals surface area (Å²) in [7, 11) is 0. The van der Waals surface area contributed by atoms with Crippen LogP contribution in [-0.2, 0) is 11.3 Å². The van der Waals surface area contributed by atoms with E-state index >= 15 is 0 Å². The van der Waals surface area contributed by atoms with Crippen molar-refractivity contribution in [2.45, 2.75) is 13.5 Å². The second-order valence-electron chi connectivity index (χ2n) is 5.57. The Morgan fingerprint density at radius 1 is 1.15 bits per heavy atom. The minimum Gasteiger partial charge on any atom is -0.482 e. The standard InChI is InChI=1S/C18H15Br2NO5/c1-10(22)13-5-12(19)6-14(20)18(13)24-8-17(23)21-7-11-2-3-15-16(4-11)26-9-25-15/h2-6H,7-9H2,1H3,(H,21,23). The first-order valence-electron chi connectivity index (χ1n) is 7.72. The fourth-order valence-electron chi connectivity index (χ4n) is 2.41. The van der Waals surface area contributed by atoms with E-state index in [2.05, 4.69) is 37.2 Å². The second-order valence-corrected chi connectivity index (χ2v) is 7.34. The van der Waals surface area contributed by atoms with E-state index in [1.54, 1.807) is 18.2 Å². The molecule has 0 aromatic heterocycles. The smallest absolute Gasteiger partial charge is 0.258 e. The number of halogens is 2. The molecular weight excluding hydrogens is 470 g/mol. The van der Waals surface area contributed by atoms with Crippen LogP contribution in [0.3, 0.4) is 0 Å². The van der Waals surface area contributed by atoms with Crippen molar-refractivity contribution < 1.29 is 23.8 Å². The van der Waals surface area contributed by atoms with E-state index in [9.17, 15) is 9.59 Å². The zero-order chi connectivity index (χ0) is 18.7. The van der Waals surface area contributed by atoms with Gasteiger partial charge in [-0.05, 0) is 52.7 Å². The Bertz CT molecular complexity index is 869. The summed E-state index contributed by atoms with van der Waals surface area (Å²) in [5.74, 6) is 1.26. The van der Waals surface area contributed by atoms with Crippen LogP contribution in [0.5, 0.6) is 17.2 Å². The number of Topliss-reactive ketones (excluding diaryl/α,β-unsaturated/α-hetero) is 1. The quantitative estimate of drug-likeness (QED) is 0.630. The molecule has 0 bridgehead atoms. The van der Waals surface area contributed by atoms with Crippen LogP contribution in [0.4, 0.5) is 0 Å². The summed E-state index contributed by atoms with van der Waals surface area (Å²) >= 11 is 6.69. The van der Waals surface area contributed by atoms with Crippen molar-refractivity contribution in [1.82, 2.24) is 5.32 Å². The molecule has 1 aliphatic heterocycles. The Hall–Kier alpha value is -2.06. The van der Waals surface area contributed by atoms with Gasteiger partial charge in [-0.3, -0.25) is 9.59 Å². The lowest BCUT2D eigenvalue weighted by molar-refractivity contribution is -0.123. The lowest BCUT2D eigenvalue weighted by Crippen LogP contribution is -2.28. The van der Waals surface area contributed by atoms with Crippen LogP contribution in [-0.4, -0.2) is 25.1 Å². The third-order valence-electron chi connectivity index (χ3n) is 3.66. The van der Waals surface area contributed by atoms with Gasteiger partial charge in [0.05, 0.1) is 10.0 Å². The first-order valence-corrected chi connectivity index (χ1v) is 9.30. The van der Waals surface area contributed by atoms with E-state index in [1.807, 2.05) is 12.1 Å². The summed E-state index contributed by atoms with van der Waals surface area (Å²) in [6, 6.07) is 8.90. The molecule has 1 aliphatic rings. The molecule has 6 nitrogen and oxygen atoms in total. The molecule has 8 heteroatoms. The number of benzene rings is 2. The van der Waals surface area contributed by atoms with Gasteiger partial charge in [0.25, 0.3) is 5.91 Å². The molecule has 1 heterocycles. The van der Waals surface area contributed by atoms with E-state index in [-0.39, 0.29) is 25.1 Å². The molecule has 0 fully saturated rings. The number of carbonyl (C=O) groups is 2. The zero-order valence-corrected chi connectivity index (χ0v) is 17.0. The highest BCUT2D eigenvalue weighted by Gasteiger charge is 2.16. The maximum Gasteiger partial charge on any atom is 0.258 e. The minimum absolute atomic E-state index is 0.150. The number of ketones is 1. The third-order valence-corrected chi connectivity index (χ3v) is 4.71. The number of hydrogen-bond acceptors (Lipinski definition) is 5. The van der Waals surface area contributed by atoms with Gasteiger partial charge in [-0.15, -0.1) is 0 Å². The van der Waals surface area contributed by atoms with Crippen molar-refractivity contribution in [2.75, 3.05) is 13.4 Å². The summed E-state index contributed by atoms with van der Waals surface area (Å²) in [5, 5.41) is 2.77. The summed E-state index contributed by atoms with van der Waals surface area (Å²) in [4.78, 5) is 23.9. The monoisotopic (exact) mass is 483 g/mol. The number of nitrogens with one attached hydrogen (secondary N) is 1. The average molecular weight is 485 g/mol. The Kier molecular flexibility index (Phi) is 5.83. The normalized spacial score (nSPS) is 12.0. The van der Waals surface area contributed by atoms with Gasteiger partial charge >= 0.3 is 0 Å². The van der Waals surface area contributed by atoms with Gasteiger partial charge in [0.1, 0.15) is 5.75 Å². The molecule has 1 amide bonds. The Labute approximate surface area is 167 Å². The molecule has 0 radical (unpaired) electrons. The highest BCUT2D eigenvalue weighted by atomic mass is 79.9. The van der Waals surface area contributed by atoms with E-state index in [0.717, 1.165) is 10.0 Å². The van der Waals surface area contributed by atoms with Crippen molar-refractivity contribution in [3.8, 4) is 17.2 Å². The van der Waals surface area contributed by atoms with Crippen molar-refractivity contribution >= 4 is 43.6 Å². The second kappa shape index (κ2) is 8.09. The van der Waals surface area contributed by atoms with Gasteiger partial charge in [-0.25, -0.2) is 0 Å². The van der Waals surface area contributed by atoms with E-state index in [1.165, 1.54) is 6.92 Å². The highest BCUT2D eigenvalue weighted by Crippen LogP contribution is 2.34. The van der Waals surface area contributed by atoms with Crippen molar-refractivity contribution in [1.29, 1.82) is 0 Å². The van der Waals surface area contributed by atoms with Crippen LogP contribution in [0.2, 0.25) is 0 Å². The fourth-order valence-corrected chi connectivity index (χ4v) is 3.75. The molecule has 0 saturated heterocycles. The number of rotatable bonds is 6. The minimum atomic E-state index is -0.299. The van der Waals surface area contributed by atoms with Gasteiger partial charge < -0.3 is 19.5 Å². The summed E-state index contributed by atoms with van der Waals surface area (Å²) in [6.45, 7) is 1.78. The van der Waals surface area contributed by atoms with Crippen molar-refractivity contribution in [3.05, 3.63) is 50.4 Å². The fraction of sp³-hybridized carbons (Fsp3) is 0.222. The van der Waals surface area contributed by atoms with Crippen LogP contribution in [0.25, 0.3) is 0 Å². The maximum atomic E-state index is 12.1. The van der Waals surface area contributed by atoms with Gasteiger partial charge in [-0.1, -0.05) is 22.0 Å². The van der Waals surface area contributed by atoms with Gasteiger partial charge in [-0.2, -0.15) is 0 Å². The highest BCUT2D eigenvalue weighted by molar-refractivity contribution is 9.11. The van der Waals surface area contributed by atoms with Crippen LogP contribution >= 0.6 is 31.9 Å². The van der Waals surface area contributed by atoms with E-state index in [0.29, 0.717) is 33.8 Å². The molecule has 2 aromatic rings. The molecule has 2 aromatic carbocycles. The first-order chi connectivity index (χ1) is 12.4. The van der Waals surface area contributed by atoms with Crippen molar-refractivity contribution in [2.24, 2.45) is 0 Å². The summed E-state index contributed by atoms with van der Waals surface area (Å²) in [6.07, 6.45) is 0. The SMILES string of the molecule is CC(=O)c1cc(Br)cc(Br)c1OCC(=O)NCc1ccc2c(c1)OCO2. The van der Waals surface area contributed by atoms with E-state index < -0.39 is 0 Å². The zero-order valence-electron chi connectivity index (χ0n) is 13.8. The first kappa shape index (κ1) is 18.7. The molecule has 0 unspecified atom stereocenters. The topological polar surface area (TPSA) is 73.9 Å². The Balaban J connectivity index is 1.59. The summed E-state index contributed by atoms with van der Waals surface area (Å²) < 4.78 is 17.5. The molecular formula is C18H15Br2NO5. The molecule has 0 spiro atoms. The number of ether oxygens (including phenoxy) is 3. The molecule has 0 saturated carbocycles. The molecule has 0 atom stereocenters. The number of amides is 1. The average Bonchev–Trinajstić information content (AvgIpc) is 3.06. The van der Waals surface area contributed by atoms with Crippen molar-refractivity contribution in [3.63, 3.8) is 0 Å². The van der Waals surface area contributed by atoms with Crippen LogP contribution in [0.15, 0.2) is 39.3 Å². The summed E-state index contributed by atoms with van der Waals surface area (Å²) in [5.41, 5.74) is 1.28. The molecule has 0 aliphatic carbocycles. The maximum absolute atomic E-state index is 12.1. The number of fused-ring (bicyclic) bond motifs is 1. The molecule has 1 N–H and O–H groups in total. The van der Waals surface area contributed by atoms with Crippen LogP contribution < -0.4 is 19.5 Å². The Morgan fingerprint density at radius 3 is 2.69 bits per heavy atom. The van der Waals surface area contributed by atoms with Crippen LogP contribution in [0.1, 0.15) is 22.8 Å².